The van der Waals surface area contributed by atoms with E-state index in [1.807, 2.05) is 30.3 Å². The lowest BCUT2D eigenvalue weighted by Gasteiger charge is -2.21. The summed E-state index contributed by atoms with van der Waals surface area (Å²) in [6.45, 7) is 0. The van der Waals surface area contributed by atoms with Crippen molar-refractivity contribution in [2.45, 2.75) is 50.6 Å². The van der Waals surface area contributed by atoms with Crippen molar-refractivity contribution in [3.8, 4) is 0 Å². The second kappa shape index (κ2) is 7.93. The number of ether oxygens (including phenoxy) is 1. The number of rotatable bonds is 7. The Morgan fingerprint density at radius 1 is 1.24 bits per heavy atom. The number of ketones is 1. The third-order valence-corrected chi connectivity index (χ3v) is 4.03. The van der Waals surface area contributed by atoms with Crippen LogP contribution in [-0.4, -0.2) is 30.9 Å². The number of Topliss-reactive ketones (excluding diaryl/α,β-unsaturated/α-hetero) is 1. The standard InChI is InChI=1S/C17H23NO3/c1-21-16(19)12-11-15(18-14-9-5-6-10-14)17(20)13-7-3-2-4-8-13/h2-4,7-8,14-15,18H,5-6,9-12H2,1H3. The number of hydrogen-bond acceptors (Lipinski definition) is 4. The third kappa shape index (κ3) is 4.67. The molecule has 0 heterocycles. The Bertz CT molecular complexity index is 466. The molecule has 21 heavy (non-hydrogen) atoms. The number of carbonyl (C=O) groups is 2. The van der Waals surface area contributed by atoms with E-state index in [2.05, 4.69) is 10.1 Å². The van der Waals surface area contributed by atoms with Crippen LogP contribution in [0.25, 0.3) is 0 Å². The van der Waals surface area contributed by atoms with Gasteiger partial charge >= 0.3 is 5.97 Å². The smallest absolute Gasteiger partial charge is 0.305 e. The van der Waals surface area contributed by atoms with E-state index in [1.54, 1.807) is 0 Å². The summed E-state index contributed by atoms with van der Waals surface area (Å²) in [5, 5.41) is 3.44. The summed E-state index contributed by atoms with van der Waals surface area (Å²) >= 11 is 0. The minimum Gasteiger partial charge on any atom is -0.469 e. The van der Waals surface area contributed by atoms with Crippen molar-refractivity contribution in [1.82, 2.24) is 5.32 Å². The van der Waals surface area contributed by atoms with Crippen LogP contribution in [0.2, 0.25) is 0 Å². The quantitative estimate of drug-likeness (QED) is 0.619. The molecule has 0 saturated heterocycles. The van der Waals surface area contributed by atoms with Gasteiger partial charge in [0.2, 0.25) is 0 Å². The molecule has 4 heteroatoms. The Hall–Kier alpha value is -1.68. The van der Waals surface area contributed by atoms with Gasteiger partial charge in [0.1, 0.15) is 0 Å². The minimum atomic E-state index is -0.311. The average Bonchev–Trinajstić information content (AvgIpc) is 3.04. The van der Waals surface area contributed by atoms with Crippen molar-refractivity contribution in [2.24, 2.45) is 0 Å². The number of esters is 1. The molecule has 1 N–H and O–H groups in total. The highest BCUT2D eigenvalue weighted by molar-refractivity contribution is 6.00. The zero-order valence-electron chi connectivity index (χ0n) is 12.5. The summed E-state index contributed by atoms with van der Waals surface area (Å²) in [6.07, 6.45) is 5.38. The van der Waals surface area contributed by atoms with E-state index in [4.69, 9.17) is 0 Å². The number of methoxy groups -OCH3 is 1. The Labute approximate surface area is 125 Å². The molecular weight excluding hydrogens is 266 g/mol. The molecule has 0 radical (unpaired) electrons. The Morgan fingerprint density at radius 2 is 1.90 bits per heavy atom. The van der Waals surface area contributed by atoms with Gasteiger partial charge in [0, 0.05) is 18.0 Å². The molecule has 1 atom stereocenters. The summed E-state index contributed by atoms with van der Waals surface area (Å²) in [5.41, 5.74) is 0.692. The predicted octanol–water partition coefficient (Wildman–Crippen LogP) is 2.72. The van der Waals surface area contributed by atoms with E-state index in [-0.39, 0.29) is 24.2 Å². The molecule has 1 fully saturated rings. The highest BCUT2D eigenvalue weighted by atomic mass is 16.5. The average molecular weight is 289 g/mol. The molecule has 0 bridgehead atoms. The highest BCUT2D eigenvalue weighted by Gasteiger charge is 2.25. The Balaban J connectivity index is 2.02. The zero-order valence-corrected chi connectivity index (χ0v) is 12.5. The molecule has 0 spiro atoms. The fourth-order valence-electron chi connectivity index (χ4n) is 2.83. The molecule has 1 aliphatic rings. The number of benzene rings is 1. The van der Waals surface area contributed by atoms with Gasteiger partial charge < -0.3 is 10.1 Å². The topological polar surface area (TPSA) is 55.4 Å². The minimum absolute atomic E-state index is 0.0615. The van der Waals surface area contributed by atoms with Crippen molar-refractivity contribution in [3.05, 3.63) is 35.9 Å². The summed E-state index contributed by atoms with van der Waals surface area (Å²) < 4.78 is 4.68. The number of nitrogens with one attached hydrogen (secondary N) is 1. The van der Waals surface area contributed by atoms with Gasteiger partial charge in [-0.05, 0) is 19.3 Å². The molecule has 0 aliphatic heterocycles. The fourth-order valence-corrected chi connectivity index (χ4v) is 2.83. The second-order valence-electron chi connectivity index (χ2n) is 5.55. The van der Waals surface area contributed by atoms with Gasteiger partial charge in [0.05, 0.1) is 13.2 Å². The lowest BCUT2D eigenvalue weighted by atomic mass is 9.99. The normalized spacial score (nSPS) is 16.6. The van der Waals surface area contributed by atoms with Crippen LogP contribution in [0.5, 0.6) is 0 Å². The van der Waals surface area contributed by atoms with Crippen molar-refractivity contribution in [3.63, 3.8) is 0 Å². The molecule has 1 aromatic rings. The van der Waals surface area contributed by atoms with Crippen LogP contribution < -0.4 is 5.32 Å². The van der Waals surface area contributed by atoms with E-state index in [9.17, 15) is 9.59 Å². The number of hydrogen-bond donors (Lipinski definition) is 1. The molecule has 1 aromatic carbocycles. The third-order valence-electron chi connectivity index (χ3n) is 4.03. The Morgan fingerprint density at radius 3 is 2.52 bits per heavy atom. The Kier molecular flexibility index (Phi) is 5.93. The van der Waals surface area contributed by atoms with Gasteiger partial charge in [-0.15, -0.1) is 0 Å². The first-order valence-corrected chi connectivity index (χ1v) is 7.63. The maximum Gasteiger partial charge on any atom is 0.305 e. The summed E-state index contributed by atoms with van der Waals surface area (Å²) in [5.74, 6) is -0.208. The molecular formula is C17H23NO3. The number of carbonyl (C=O) groups excluding carboxylic acids is 2. The van der Waals surface area contributed by atoms with Crippen molar-refractivity contribution < 1.29 is 14.3 Å². The van der Waals surface area contributed by atoms with Gasteiger partial charge in [-0.1, -0.05) is 43.2 Å². The first kappa shape index (κ1) is 15.7. The van der Waals surface area contributed by atoms with Crippen LogP contribution in [0, 0.1) is 0 Å². The maximum atomic E-state index is 12.6. The summed E-state index contributed by atoms with van der Waals surface area (Å²) in [6, 6.07) is 9.34. The molecule has 1 unspecified atom stereocenters. The first-order valence-electron chi connectivity index (χ1n) is 7.63. The monoisotopic (exact) mass is 289 g/mol. The van der Waals surface area contributed by atoms with Crippen LogP contribution in [0.15, 0.2) is 30.3 Å². The molecule has 0 aromatic heterocycles. The van der Waals surface area contributed by atoms with Crippen molar-refractivity contribution in [1.29, 1.82) is 0 Å². The van der Waals surface area contributed by atoms with Crippen LogP contribution in [0.1, 0.15) is 48.9 Å². The second-order valence-corrected chi connectivity index (χ2v) is 5.55. The maximum absolute atomic E-state index is 12.6. The summed E-state index contributed by atoms with van der Waals surface area (Å²) in [7, 11) is 1.38. The molecule has 4 nitrogen and oxygen atoms in total. The van der Waals surface area contributed by atoms with Crippen molar-refractivity contribution in [2.75, 3.05) is 7.11 Å². The van der Waals surface area contributed by atoms with E-state index < -0.39 is 0 Å². The molecule has 2 rings (SSSR count). The van der Waals surface area contributed by atoms with E-state index in [0.29, 0.717) is 18.0 Å². The van der Waals surface area contributed by atoms with Crippen LogP contribution in [0.3, 0.4) is 0 Å². The molecule has 1 saturated carbocycles. The molecule has 0 amide bonds. The highest BCUT2D eigenvalue weighted by Crippen LogP contribution is 2.20. The SMILES string of the molecule is COC(=O)CCC(NC1CCCC1)C(=O)c1ccccc1. The lowest BCUT2D eigenvalue weighted by Crippen LogP contribution is -2.42. The van der Waals surface area contributed by atoms with Gasteiger partial charge in [-0.25, -0.2) is 0 Å². The van der Waals surface area contributed by atoms with Crippen LogP contribution in [0.4, 0.5) is 0 Å². The van der Waals surface area contributed by atoms with Gasteiger partial charge in [-0.3, -0.25) is 9.59 Å². The summed E-state index contributed by atoms with van der Waals surface area (Å²) in [4.78, 5) is 24.0. The van der Waals surface area contributed by atoms with E-state index in [0.717, 1.165) is 12.8 Å². The van der Waals surface area contributed by atoms with Crippen LogP contribution >= 0.6 is 0 Å². The zero-order chi connectivity index (χ0) is 15.1. The first-order chi connectivity index (χ1) is 10.2. The molecule has 1 aliphatic carbocycles. The lowest BCUT2D eigenvalue weighted by molar-refractivity contribution is -0.140. The fraction of sp³-hybridized carbons (Fsp3) is 0.529. The van der Waals surface area contributed by atoms with Gasteiger partial charge in [0.15, 0.2) is 5.78 Å². The van der Waals surface area contributed by atoms with Crippen molar-refractivity contribution >= 4 is 11.8 Å². The van der Waals surface area contributed by atoms with E-state index in [1.165, 1.54) is 20.0 Å². The van der Waals surface area contributed by atoms with E-state index >= 15 is 0 Å². The van der Waals surface area contributed by atoms with Gasteiger partial charge in [0.25, 0.3) is 0 Å². The predicted molar refractivity (Wildman–Crippen MR) is 81.2 cm³/mol. The van der Waals surface area contributed by atoms with Crippen LogP contribution in [-0.2, 0) is 9.53 Å². The molecule has 114 valence electrons. The van der Waals surface area contributed by atoms with Gasteiger partial charge in [-0.2, -0.15) is 0 Å². The largest absolute Gasteiger partial charge is 0.469 e.